The van der Waals surface area contributed by atoms with Crippen molar-refractivity contribution in [3.63, 3.8) is 0 Å². The number of aromatic nitrogens is 2. The van der Waals surface area contributed by atoms with Crippen LogP contribution in [0.3, 0.4) is 0 Å². The minimum absolute atomic E-state index is 0.0270. The number of nitrogens with one attached hydrogen (secondary N) is 1. The van der Waals surface area contributed by atoms with Crippen LogP contribution in [-0.4, -0.2) is 53.4 Å². The van der Waals surface area contributed by atoms with Gasteiger partial charge in [0.2, 0.25) is 5.91 Å². The second-order valence-electron chi connectivity index (χ2n) is 9.00. The molecule has 7 heteroatoms. The van der Waals surface area contributed by atoms with E-state index in [0.29, 0.717) is 6.54 Å². The van der Waals surface area contributed by atoms with Crippen LogP contribution in [0, 0.1) is 0 Å². The number of anilines is 1. The fourth-order valence-corrected chi connectivity index (χ4v) is 4.89. The number of carbonyl (C=O) groups excluding carboxylic acids is 1. The first-order valence-corrected chi connectivity index (χ1v) is 11.7. The molecule has 1 fully saturated rings. The van der Waals surface area contributed by atoms with E-state index < -0.39 is 0 Å². The van der Waals surface area contributed by atoms with Crippen LogP contribution in [0.1, 0.15) is 66.9 Å². The van der Waals surface area contributed by atoms with Crippen molar-refractivity contribution in [1.82, 2.24) is 19.8 Å². The lowest BCUT2D eigenvalue weighted by molar-refractivity contribution is -0.128. The van der Waals surface area contributed by atoms with Gasteiger partial charge in [0.15, 0.2) is 0 Å². The Morgan fingerprint density at radius 1 is 1.19 bits per heavy atom. The molecule has 1 atom stereocenters. The van der Waals surface area contributed by atoms with Crippen LogP contribution in [0.4, 0.5) is 5.82 Å². The zero-order chi connectivity index (χ0) is 22.7. The third-order valence-corrected chi connectivity index (χ3v) is 6.77. The lowest BCUT2D eigenvalue weighted by Crippen LogP contribution is -2.34. The van der Waals surface area contributed by atoms with Crippen molar-refractivity contribution in [2.45, 2.75) is 64.6 Å². The minimum atomic E-state index is 0.0270. The van der Waals surface area contributed by atoms with E-state index in [-0.39, 0.29) is 11.9 Å². The molecule has 4 rings (SSSR count). The minimum Gasteiger partial charge on any atom is -0.496 e. The molecule has 2 aromatic rings. The first kappa shape index (κ1) is 22.5. The fraction of sp³-hybridized carbons (Fsp3) is 0.560. The van der Waals surface area contributed by atoms with Gasteiger partial charge in [-0.15, -0.1) is 0 Å². The second-order valence-corrected chi connectivity index (χ2v) is 9.00. The maximum Gasteiger partial charge on any atom is 0.219 e. The maximum absolute atomic E-state index is 11.7. The summed E-state index contributed by atoms with van der Waals surface area (Å²) in [5, 5.41) is 3.17. The normalized spacial score (nSPS) is 18.3. The van der Waals surface area contributed by atoms with Crippen LogP contribution in [0.15, 0.2) is 18.2 Å². The summed E-state index contributed by atoms with van der Waals surface area (Å²) in [6.45, 7) is 3.90. The molecule has 2 heterocycles. The van der Waals surface area contributed by atoms with Crippen molar-refractivity contribution in [2.24, 2.45) is 0 Å². The average Bonchev–Trinajstić information content (AvgIpc) is 3.25. The van der Waals surface area contributed by atoms with Crippen molar-refractivity contribution in [3.8, 4) is 5.75 Å². The number of likely N-dealkylation sites (tertiary alicyclic amines) is 1. The summed E-state index contributed by atoms with van der Waals surface area (Å²) in [6, 6.07) is 6.67. The van der Waals surface area contributed by atoms with Crippen LogP contribution >= 0.6 is 0 Å². The maximum atomic E-state index is 11.7. The third kappa shape index (κ3) is 4.88. The number of methoxy groups -OCH3 is 1. The van der Waals surface area contributed by atoms with Gasteiger partial charge in [-0.3, -0.25) is 9.69 Å². The zero-order valence-corrected chi connectivity index (χ0v) is 19.8. The average molecular weight is 438 g/mol. The largest absolute Gasteiger partial charge is 0.496 e. The number of piperidine rings is 1. The molecule has 0 radical (unpaired) electrons. The van der Waals surface area contributed by atoms with Gasteiger partial charge >= 0.3 is 0 Å². The van der Waals surface area contributed by atoms with E-state index in [4.69, 9.17) is 14.7 Å². The van der Waals surface area contributed by atoms with Crippen molar-refractivity contribution < 1.29 is 9.53 Å². The summed E-state index contributed by atoms with van der Waals surface area (Å²) >= 11 is 0. The van der Waals surface area contributed by atoms with Crippen molar-refractivity contribution >= 4 is 11.7 Å². The molecule has 1 saturated heterocycles. The Morgan fingerprint density at radius 2 is 1.97 bits per heavy atom. The second kappa shape index (κ2) is 9.86. The lowest BCUT2D eigenvalue weighted by atomic mass is 9.98. The van der Waals surface area contributed by atoms with Crippen LogP contribution in [-0.2, 0) is 30.7 Å². The SMILES string of the molecule is CNc1cc(CN(C)C(C)=O)nc([C@H]2CCCCN2Cc2cc3c(cc2OC)CCC3)n1. The summed E-state index contributed by atoms with van der Waals surface area (Å²) < 4.78 is 5.77. The van der Waals surface area contributed by atoms with Gasteiger partial charge in [0.05, 0.1) is 25.4 Å². The van der Waals surface area contributed by atoms with Gasteiger partial charge in [-0.1, -0.05) is 12.5 Å². The predicted octanol–water partition coefficient (Wildman–Crippen LogP) is 3.72. The Bertz CT molecular complexity index is 977. The number of rotatable bonds is 7. The molecular formula is C25H35N5O2. The Labute approximate surface area is 191 Å². The van der Waals surface area contributed by atoms with Gasteiger partial charge < -0.3 is 15.0 Å². The smallest absolute Gasteiger partial charge is 0.219 e. The van der Waals surface area contributed by atoms with Gasteiger partial charge in [0.25, 0.3) is 0 Å². The lowest BCUT2D eigenvalue weighted by Gasteiger charge is -2.35. The number of ether oxygens (including phenoxy) is 1. The molecule has 0 unspecified atom stereocenters. The third-order valence-electron chi connectivity index (χ3n) is 6.77. The number of hydrogen-bond acceptors (Lipinski definition) is 6. The highest BCUT2D eigenvalue weighted by Gasteiger charge is 2.28. The number of amides is 1. The predicted molar refractivity (Wildman–Crippen MR) is 126 cm³/mol. The molecule has 1 amide bonds. The topological polar surface area (TPSA) is 70.6 Å². The molecule has 7 nitrogen and oxygen atoms in total. The van der Waals surface area contributed by atoms with Crippen molar-refractivity contribution in [1.29, 1.82) is 0 Å². The van der Waals surface area contributed by atoms with Crippen molar-refractivity contribution in [2.75, 3.05) is 33.1 Å². The molecular weight excluding hydrogens is 402 g/mol. The van der Waals surface area contributed by atoms with Crippen LogP contribution in [0.5, 0.6) is 5.75 Å². The summed E-state index contributed by atoms with van der Waals surface area (Å²) in [6.07, 6.45) is 6.92. The van der Waals surface area contributed by atoms with E-state index in [0.717, 1.165) is 61.9 Å². The molecule has 0 saturated carbocycles. The Kier molecular flexibility index (Phi) is 6.94. The monoisotopic (exact) mass is 437 g/mol. The molecule has 1 aromatic carbocycles. The Hall–Kier alpha value is -2.67. The number of benzene rings is 1. The number of nitrogens with zero attached hydrogens (tertiary/aromatic N) is 4. The molecule has 2 aliphatic rings. The molecule has 1 aromatic heterocycles. The van der Waals surface area contributed by atoms with E-state index >= 15 is 0 Å². The number of fused-ring (bicyclic) bond motifs is 1. The van der Waals surface area contributed by atoms with Crippen LogP contribution < -0.4 is 10.1 Å². The van der Waals surface area contributed by atoms with Gasteiger partial charge in [0, 0.05) is 39.2 Å². The molecule has 0 spiro atoms. The van der Waals surface area contributed by atoms with Gasteiger partial charge in [-0.2, -0.15) is 0 Å². The quantitative estimate of drug-likeness (QED) is 0.712. The number of aryl methyl sites for hydroxylation is 2. The molecule has 172 valence electrons. The number of hydrogen-bond donors (Lipinski definition) is 1. The standard InChI is InChI=1S/C25H35N5O2/c1-17(31)29(3)16-21-14-24(26-2)28-25(27-21)22-10-5-6-11-30(22)15-20-12-18-8-7-9-19(18)13-23(20)32-4/h12-14,22H,5-11,15-16H2,1-4H3,(H,26,27,28)/t22-/m1/s1. The fourth-order valence-electron chi connectivity index (χ4n) is 4.89. The first-order valence-electron chi connectivity index (χ1n) is 11.7. The van der Waals surface area contributed by atoms with Crippen LogP contribution in [0.25, 0.3) is 0 Å². The highest BCUT2D eigenvalue weighted by Crippen LogP contribution is 2.35. The summed E-state index contributed by atoms with van der Waals surface area (Å²) in [7, 11) is 5.44. The first-order chi connectivity index (χ1) is 15.5. The summed E-state index contributed by atoms with van der Waals surface area (Å²) in [5.74, 6) is 2.65. The van der Waals surface area contributed by atoms with E-state index in [1.165, 1.54) is 29.5 Å². The van der Waals surface area contributed by atoms with E-state index in [1.54, 1.807) is 26.0 Å². The highest BCUT2D eigenvalue weighted by atomic mass is 16.5. The van der Waals surface area contributed by atoms with Gasteiger partial charge in [-0.25, -0.2) is 9.97 Å². The van der Waals surface area contributed by atoms with Gasteiger partial charge in [0.1, 0.15) is 17.4 Å². The molecule has 1 N–H and O–H groups in total. The van der Waals surface area contributed by atoms with E-state index in [2.05, 4.69) is 22.3 Å². The van der Waals surface area contributed by atoms with Crippen LogP contribution in [0.2, 0.25) is 0 Å². The number of carbonyl (C=O) groups is 1. The molecule has 1 aliphatic heterocycles. The highest BCUT2D eigenvalue weighted by molar-refractivity contribution is 5.72. The van der Waals surface area contributed by atoms with Gasteiger partial charge in [-0.05, 0) is 55.8 Å². The van der Waals surface area contributed by atoms with E-state index in [9.17, 15) is 4.79 Å². The summed E-state index contributed by atoms with van der Waals surface area (Å²) in [5.41, 5.74) is 5.02. The molecule has 0 bridgehead atoms. The Balaban J connectivity index is 1.62. The Morgan fingerprint density at radius 3 is 2.69 bits per heavy atom. The zero-order valence-electron chi connectivity index (χ0n) is 19.8. The van der Waals surface area contributed by atoms with Crippen molar-refractivity contribution in [3.05, 3.63) is 46.4 Å². The molecule has 1 aliphatic carbocycles. The van der Waals surface area contributed by atoms with E-state index in [1.807, 2.05) is 13.1 Å². The molecule has 32 heavy (non-hydrogen) atoms. The summed E-state index contributed by atoms with van der Waals surface area (Å²) in [4.78, 5) is 25.6.